The lowest BCUT2D eigenvalue weighted by atomic mass is 9.89. The summed E-state index contributed by atoms with van der Waals surface area (Å²) < 4.78 is 5.04. The summed E-state index contributed by atoms with van der Waals surface area (Å²) in [7, 11) is 1.69. The molecule has 1 aliphatic rings. The van der Waals surface area contributed by atoms with Gasteiger partial charge in [0.25, 0.3) is 0 Å². The average Bonchev–Trinajstić information content (AvgIpc) is 3.21. The molecule has 1 atom stereocenters. The van der Waals surface area contributed by atoms with Crippen LogP contribution >= 0.6 is 11.8 Å². The van der Waals surface area contributed by atoms with E-state index in [0.29, 0.717) is 13.0 Å². The zero-order valence-corrected chi connectivity index (χ0v) is 17.2. The Morgan fingerprint density at radius 1 is 1.25 bits per heavy atom. The Hall–Kier alpha value is -2.17. The number of ether oxygens (including phenoxy) is 1. The first-order valence-corrected chi connectivity index (χ1v) is 10.6. The van der Waals surface area contributed by atoms with E-state index < -0.39 is 0 Å². The van der Waals surface area contributed by atoms with E-state index >= 15 is 0 Å². The number of allylic oxidation sites excluding steroid dienone is 2. The van der Waals surface area contributed by atoms with Crippen molar-refractivity contribution in [2.24, 2.45) is 0 Å². The predicted molar refractivity (Wildman–Crippen MR) is 117 cm³/mol. The number of rotatable bonds is 10. The molecular weight excluding hydrogens is 366 g/mol. The smallest absolute Gasteiger partial charge is 0.155 e. The highest BCUT2D eigenvalue weighted by molar-refractivity contribution is 8.03. The van der Waals surface area contributed by atoms with Crippen LogP contribution in [0.25, 0.3) is 6.08 Å². The zero-order chi connectivity index (χ0) is 19.7. The van der Waals surface area contributed by atoms with Gasteiger partial charge in [-0.1, -0.05) is 42.5 Å². The average molecular weight is 394 g/mol. The topological polar surface area (TPSA) is 39.2 Å². The van der Waals surface area contributed by atoms with Crippen molar-refractivity contribution in [1.29, 1.82) is 0 Å². The minimum atomic E-state index is 0.0315. The van der Waals surface area contributed by atoms with Gasteiger partial charge in [-0.15, -0.1) is 11.8 Å². The van der Waals surface area contributed by atoms with E-state index in [0.717, 1.165) is 31.2 Å². The van der Waals surface area contributed by atoms with Crippen LogP contribution in [0.1, 0.15) is 42.4 Å². The number of carbonyl (C=O) groups is 1. The molecule has 1 aromatic heterocycles. The summed E-state index contributed by atoms with van der Waals surface area (Å²) in [5, 5.41) is 2.20. The number of pyridine rings is 1. The van der Waals surface area contributed by atoms with Gasteiger partial charge in [0.2, 0.25) is 0 Å². The molecule has 0 fully saturated rings. The summed E-state index contributed by atoms with van der Waals surface area (Å²) in [4.78, 5) is 16.2. The van der Waals surface area contributed by atoms with E-state index in [1.165, 1.54) is 11.1 Å². The van der Waals surface area contributed by atoms with E-state index in [-0.39, 0.29) is 10.5 Å². The number of hydrogen-bond acceptors (Lipinski definition) is 4. The van der Waals surface area contributed by atoms with Crippen molar-refractivity contribution in [3.63, 3.8) is 0 Å². The lowest BCUT2D eigenvalue weighted by Crippen LogP contribution is -2.22. The highest BCUT2D eigenvalue weighted by Gasteiger charge is 2.34. The molecule has 1 aliphatic heterocycles. The fourth-order valence-electron chi connectivity index (χ4n) is 3.39. The van der Waals surface area contributed by atoms with Crippen LogP contribution in [0.3, 0.4) is 0 Å². The number of benzene rings is 1. The van der Waals surface area contributed by atoms with Crippen LogP contribution in [0.15, 0.2) is 66.4 Å². The molecule has 0 saturated heterocycles. The molecule has 2 aromatic rings. The standard InChI is InChI=1S/C24H27NO2S/c1-27-16-3-2-7-23(26)13-12-20-8-10-21(11-9-20)18-24(14-5-17-28-24)22-6-4-15-25-19-22/h4-6,8-13,15,17,19H,2-3,7,14,16,18H2,1H3/b13-12+. The molecule has 0 saturated carbocycles. The molecule has 0 spiro atoms. The second kappa shape index (κ2) is 10.4. The molecule has 0 bridgehead atoms. The quantitative estimate of drug-likeness (QED) is 0.391. The van der Waals surface area contributed by atoms with Gasteiger partial charge < -0.3 is 4.74 Å². The van der Waals surface area contributed by atoms with Crippen molar-refractivity contribution in [3.05, 3.63) is 83.0 Å². The first-order chi connectivity index (χ1) is 13.7. The van der Waals surface area contributed by atoms with Crippen LogP contribution in [-0.2, 0) is 20.7 Å². The largest absolute Gasteiger partial charge is 0.385 e. The lowest BCUT2D eigenvalue weighted by Gasteiger charge is -2.28. The minimum absolute atomic E-state index is 0.0315. The van der Waals surface area contributed by atoms with E-state index in [4.69, 9.17) is 4.74 Å². The fourth-order valence-corrected chi connectivity index (χ4v) is 4.55. The molecule has 0 aliphatic carbocycles. The van der Waals surface area contributed by atoms with Gasteiger partial charge in [0.05, 0.1) is 4.75 Å². The third-order valence-electron chi connectivity index (χ3n) is 4.98. The Labute approximate surface area is 171 Å². The first kappa shape index (κ1) is 20.6. The third-order valence-corrected chi connectivity index (χ3v) is 6.30. The van der Waals surface area contributed by atoms with Crippen LogP contribution in [0.5, 0.6) is 0 Å². The van der Waals surface area contributed by atoms with E-state index in [2.05, 4.69) is 46.8 Å². The summed E-state index contributed by atoms with van der Waals surface area (Å²) in [6.07, 6.45) is 14.0. The predicted octanol–water partition coefficient (Wildman–Crippen LogP) is 5.57. The molecule has 28 heavy (non-hydrogen) atoms. The molecule has 2 heterocycles. The molecule has 0 N–H and O–H groups in total. The number of unbranched alkanes of at least 4 members (excludes halogenated alkanes) is 1. The molecule has 0 radical (unpaired) electrons. The summed E-state index contributed by atoms with van der Waals surface area (Å²) in [6.45, 7) is 0.715. The fraction of sp³-hybridized carbons (Fsp3) is 0.333. The van der Waals surface area contributed by atoms with Crippen LogP contribution in [0.2, 0.25) is 0 Å². The second-order valence-electron chi connectivity index (χ2n) is 7.10. The third kappa shape index (κ3) is 5.66. The van der Waals surface area contributed by atoms with Crippen molar-refractivity contribution < 1.29 is 9.53 Å². The Balaban J connectivity index is 1.59. The van der Waals surface area contributed by atoms with Gasteiger partial charge in [0.1, 0.15) is 0 Å². The van der Waals surface area contributed by atoms with Gasteiger partial charge >= 0.3 is 0 Å². The normalized spacial score (nSPS) is 18.8. The number of thioether (sulfide) groups is 1. The number of nitrogens with zero attached hydrogens (tertiary/aromatic N) is 1. The number of carbonyl (C=O) groups excluding carboxylic acids is 1. The van der Waals surface area contributed by atoms with Crippen LogP contribution in [-0.4, -0.2) is 24.5 Å². The van der Waals surface area contributed by atoms with Gasteiger partial charge in [-0.3, -0.25) is 9.78 Å². The van der Waals surface area contributed by atoms with Crippen molar-refractivity contribution in [2.75, 3.05) is 13.7 Å². The van der Waals surface area contributed by atoms with Gasteiger partial charge in [0, 0.05) is 32.5 Å². The van der Waals surface area contributed by atoms with E-state index in [1.54, 1.807) is 13.2 Å². The summed E-state index contributed by atoms with van der Waals surface area (Å²) >= 11 is 1.88. The number of methoxy groups -OCH3 is 1. The second-order valence-corrected chi connectivity index (χ2v) is 8.39. The molecule has 3 nitrogen and oxygen atoms in total. The Morgan fingerprint density at radius 2 is 2.11 bits per heavy atom. The van der Waals surface area contributed by atoms with Gasteiger partial charge in [0.15, 0.2) is 5.78 Å². The van der Waals surface area contributed by atoms with E-state index in [9.17, 15) is 4.79 Å². The Kier molecular flexibility index (Phi) is 7.63. The number of ketones is 1. The Bertz CT molecular complexity index is 804. The molecular formula is C24H27NO2S. The summed E-state index contributed by atoms with van der Waals surface area (Å²) in [5.41, 5.74) is 3.62. The maximum atomic E-state index is 11.9. The van der Waals surface area contributed by atoms with Crippen molar-refractivity contribution >= 4 is 23.6 Å². The van der Waals surface area contributed by atoms with E-state index in [1.807, 2.05) is 36.3 Å². The van der Waals surface area contributed by atoms with Crippen molar-refractivity contribution in [2.45, 2.75) is 36.9 Å². The molecule has 0 amide bonds. The molecule has 1 aromatic carbocycles. The maximum absolute atomic E-state index is 11.9. The molecule has 3 rings (SSSR count). The molecule has 4 heteroatoms. The molecule has 1 unspecified atom stereocenters. The van der Waals surface area contributed by atoms with Gasteiger partial charge in [-0.05, 0) is 59.9 Å². The molecule has 146 valence electrons. The first-order valence-electron chi connectivity index (χ1n) is 9.74. The Morgan fingerprint density at radius 3 is 2.79 bits per heavy atom. The number of hydrogen-bond donors (Lipinski definition) is 0. The van der Waals surface area contributed by atoms with Crippen molar-refractivity contribution in [3.8, 4) is 0 Å². The van der Waals surface area contributed by atoms with Crippen molar-refractivity contribution in [1.82, 2.24) is 4.98 Å². The maximum Gasteiger partial charge on any atom is 0.155 e. The van der Waals surface area contributed by atoms with Gasteiger partial charge in [-0.25, -0.2) is 0 Å². The highest BCUT2D eigenvalue weighted by atomic mass is 32.2. The van der Waals surface area contributed by atoms with Crippen LogP contribution < -0.4 is 0 Å². The minimum Gasteiger partial charge on any atom is -0.385 e. The monoisotopic (exact) mass is 393 g/mol. The zero-order valence-electron chi connectivity index (χ0n) is 16.3. The summed E-state index contributed by atoms with van der Waals surface area (Å²) in [6, 6.07) is 12.7. The summed E-state index contributed by atoms with van der Waals surface area (Å²) in [5.74, 6) is 0.171. The number of aromatic nitrogens is 1. The van der Waals surface area contributed by atoms with Crippen LogP contribution in [0, 0.1) is 0 Å². The van der Waals surface area contributed by atoms with Gasteiger partial charge in [-0.2, -0.15) is 0 Å². The SMILES string of the molecule is COCCCCC(=O)/C=C/c1ccc(CC2(c3cccnc3)CC=CS2)cc1. The highest BCUT2D eigenvalue weighted by Crippen LogP contribution is 2.47. The lowest BCUT2D eigenvalue weighted by molar-refractivity contribution is -0.114. The van der Waals surface area contributed by atoms with Crippen LogP contribution in [0.4, 0.5) is 0 Å².